The monoisotopic (exact) mass is 198 g/mol. The Kier molecular flexibility index (Phi) is 4.42. The molecule has 0 saturated carbocycles. The lowest BCUT2D eigenvalue weighted by molar-refractivity contribution is 0.302. The van der Waals surface area contributed by atoms with Crippen molar-refractivity contribution in [3.05, 3.63) is 22.4 Å². The van der Waals surface area contributed by atoms with Gasteiger partial charge in [-0.25, -0.2) is 0 Å². The number of likely N-dealkylation sites (N-methyl/N-ethyl adjacent to an activating group) is 1. The third kappa shape index (κ3) is 3.89. The van der Waals surface area contributed by atoms with Gasteiger partial charge in [-0.2, -0.15) is 11.3 Å². The van der Waals surface area contributed by atoms with Gasteiger partial charge in [0, 0.05) is 19.1 Å². The van der Waals surface area contributed by atoms with E-state index >= 15 is 0 Å². The number of rotatable bonds is 5. The highest BCUT2D eigenvalue weighted by Crippen LogP contribution is 2.04. The van der Waals surface area contributed by atoms with Gasteiger partial charge in [0.05, 0.1) is 0 Å². The Morgan fingerprint density at radius 3 is 2.85 bits per heavy atom. The van der Waals surface area contributed by atoms with Crippen molar-refractivity contribution in [3.63, 3.8) is 0 Å². The first-order chi connectivity index (χ1) is 6.20. The second-order valence-electron chi connectivity index (χ2n) is 3.58. The van der Waals surface area contributed by atoms with Gasteiger partial charge in [0.2, 0.25) is 0 Å². The van der Waals surface area contributed by atoms with Crippen LogP contribution in [0.25, 0.3) is 0 Å². The van der Waals surface area contributed by atoms with E-state index < -0.39 is 0 Å². The van der Waals surface area contributed by atoms with Gasteiger partial charge in [-0.3, -0.25) is 0 Å². The van der Waals surface area contributed by atoms with Gasteiger partial charge >= 0.3 is 0 Å². The highest BCUT2D eigenvalue weighted by Gasteiger charge is 2.02. The summed E-state index contributed by atoms with van der Waals surface area (Å²) in [4.78, 5) is 2.22. The van der Waals surface area contributed by atoms with E-state index in [1.54, 1.807) is 11.3 Å². The average Bonchev–Trinajstić information content (AvgIpc) is 2.56. The number of thiophene rings is 1. The molecule has 1 unspecified atom stereocenters. The van der Waals surface area contributed by atoms with Crippen molar-refractivity contribution in [2.75, 3.05) is 20.6 Å². The van der Waals surface area contributed by atoms with Gasteiger partial charge < -0.3 is 10.2 Å². The van der Waals surface area contributed by atoms with E-state index in [0.717, 1.165) is 13.1 Å². The van der Waals surface area contributed by atoms with E-state index in [9.17, 15) is 0 Å². The van der Waals surface area contributed by atoms with Crippen LogP contribution in [0.4, 0.5) is 0 Å². The summed E-state index contributed by atoms with van der Waals surface area (Å²) in [5.74, 6) is 0. The molecule has 1 aromatic rings. The molecule has 0 radical (unpaired) electrons. The zero-order valence-electron chi connectivity index (χ0n) is 8.58. The molecule has 1 N–H and O–H groups in total. The molecule has 0 saturated heterocycles. The van der Waals surface area contributed by atoms with E-state index in [0.29, 0.717) is 6.04 Å². The predicted octanol–water partition coefficient (Wildman–Crippen LogP) is 1.79. The van der Waals surface area contributed by atoms with Crippen molar-refractivity contribution >= 4 is 11.3 Å². The zero-order valence-corrected chi connectivity index (χ0v) is 9.40. The molecule has 1 atom stereocenters. The molecular formula is C10H18N2S. The first-order valence-electron chi connectivity index (χ1n) is 4.58. The van der Waals surface area contributed by atoms with Crippen molar-refractivity contribution < 1.29 is 0 Å². The molecule has 2 nitrogen and oxygen atoms in total. The molecule has 0 bridgehead atoms. The number of hydrogen-bond donors (Lipinski definition) is 1. The Balaban J connectivity index is 2.14. The summed E-state index contributed by atoms with van der Waals surface area (Å²) in [6.07, 6.45) is 0. The van der Waals surface area contributed by atoms with E-state index in [4.69, 9.17) is 0 Å². The van der Waals surface area contributed by atoms with Crippen molar-refractivity contribution in [2.24, 2.45) is 0 Å². The Morgan fingerprint density at radius 2 is 2.31 bits per heavy atom. The van der Waals surface area contributed by atoms with Crippen LogP contribution in [0.3, 0.4) is 0 Å². The summed E-state index contributed by atoms with van der Waals surface area (Å²) in [7, 11) is 4.22. The minimum absolute atomic E-state index is 0.596. The maximum atomic E-state index is 3.43. The van der Waals surface area contributed by atoms with Gasteiger partial charge in [-0.05, 0) is 43.4 Å². The highest BCUT2D eigenvalue weighted by molar-refractivity contribution is 7.07. The molecule has 1 aromatic heterocycles. The first kappa shape index (κ1) is 10.7. The Morgan fingerprint density at radius 1 is 1.54 bits per heavy atom. The van der Waals surface area contributed by atoms with Crippen molar-refractivity contribution in [1.82, 2.24) is 10.2 Å². The van der Waals surface area contributed by atoms with E-state index in [1.807, 2.05) is 0 Å². The van der Waals surface area contributed by atoms with E-state index in [2.05, 4.69) is 48.1 Å². The molecule has 0 aliphatic heterocycles. The molecule has 0 fully saturated rings. The van der Waals surface area contributed by atoms with E-state index in [-0.39, 0.29) is 0 Å². The quantitative estimate of drug-likeness (QED) is 0.776. The van der Waals surface area contributed by atoms with Crippen molar-refractivity contribution in [3.8, 4) is 0 Å². The average molecular weight is 198 g/mol. The van der Waals surface area contributed by atoms with Crippen LogP contribution in [-0.2, 0) is 6.54 Å². The third-order valence-corrected chi connectivity index (χ3v) is 2.96. The minimum atomic E-state index is 0.596. The topological polar surface area (TPSA) is 15.3 Å². The standard InChI is InChI=1S/C10H18N2S/c1-9(12(2)3)6-11-7-10-4-5-13-8-10/h4-5,8-9,11H,6-7H2,1-3H3. The third-order valence-electron chi connectivity index (χ3n) is 2.23. The molecule has 0 spiro atoms. The molecule has 13 heavy (non-hydrogen) atoms. The lowest BCUT2D eigenvalue weighted by Crippen LogP contribution is -2.35. The van der Waals surface area contributed by atoms with Gasteiger partial charge in [0.1, 0.15) is 0 Å². The lowest BCUT2D eigenvalue weighted by atomic mass is 10.3. The normalized spacial score (nSPS) is 13.5. The molecule has 3 heteroatoms. The molecule has 0 aliphatic rings. The van der Waals surface area contributed by atoms with Crippen molar-refractivity contribution in [1.29, 1.82) is 0 Å². The fourth-order valence-corrected chi connectivity index (χ4v) is 1.67. The Labute approximate surface area is 84.6 Å². The van der Waals surface area contributed by atoms with Crippen molar-refractivity contribution in [2.45, 2.75) is 19.5 Å². The lowest BCUT2D eigenvalue weighted by Gasteiger charge is -2.19. The second-order valence-corrected chi connectivity index (χ2v) is 4.36. The summed E-state index contributed by atoms with van der Waals surface area (Å²) in [5, 5.41) is 7.74. The largest absolute Gasteiger partial charge is 0.311 e. The number of hydrogen-bond acceptors (Lipinski definition) is 3. The van der Waals surface area contributed by atoms with E-state index in [1.165, 1.54) is 5.56 Å². The minimum Gasteiger partial charge on any atom is -0.311 e. The molecule has 1 rings (SSSR count). The van der Waals surface area contributed by atoms with Crippen LogP contribution in [0.5, 0.6) is 0 Å². The van der Waals surface area contributed by atoms with Gasteiger partial charge in [-0.15, -0.1) is 0 Å². The van der Waals surface area contributed by atoms with Crippen LogP contribution in [0, 0.1) is 0 Å². The SMILES string of the molecule is CC(CNCc1ccsc1)N(C)C. The van der Waals surface area contributed by atoms with Gasteiger partial charge in [-0.1, -0.05) is 0 Å². The summed E-state index contributed by atoms with van der Waals surface area (Å²) in [6, 6.07) is 2.76. The maximum Gasteiger partial charge on any atom is 0.0214 e. The summed E-state index contributed by atoms with van der Waals surface area (Å²) in [5.41, 5.74) is 1.39. The molecule has 0 amide bonds. The summed E-state index contributed by atoms with van der Waals surface area (Å²) in [6.45, 7) is 4.26. The van der Waals surface area contributed by atoms with Crippen LogP contribution in [0.1, 0.15) is 12.5 Å². The van der Waals surface area contributed by atoms with Crippen LogP contribution in [-0.4, -0.2) is 31.6 Å². The van der Waals surface area contributed by atoms with Crippen LogP contribution in [0.15, 0.2) is 16.8 Å². The highest BCUT2D eigenvalue weighted by atomic mass is 32.1. The predicted molar refractivity (Wildman–Crippen MR) is 59.2 cm³/mol. The number of nitrogens with zero attached hydrogens (tertiary/aromatic N) is 1. The molecular weight excluding hydrogens is 180 g/mol. The van der Waals surface area contributed by atoms with Crippen LogP contribution in [0.2, 0.25) is 0 Å². The molecule has 0 aliphatic carbocycles. The summed E-state index contributed by atoms with van der Waals surface area (Å²) < 4.78 is 0. The fourth-order valence-electron chi connectivity index (χ4n) is 1.00. The Hall–Kier alpha value is -0.380. The van der Waals surface area contributed by atoms with Crippen LogP contribution < -0.4 is 5.32 Å². The first-order valence-corrected chi connectivity index (χ1v) is 5.52. The van der Waals surface area contributed by atoms with Gasteiger partial charge in [0.25, 0.3) is 0 Å². The van der Waals surface area contributed by atoms with Crippen LogP contribution >= 0.6 is 11.3 Å². The smallest absolute Gasteiger partial charge is 0.0214 e. The summed E-state index contributed by atoms with van der Waals surface area (Å²) >= 11 is 1.75. The molecule has 1 heterocycles. The molecule has 0 aromatic carbocycles. The van der Waals surface area contributed by atoms with Gasteiger partial charge in [0.15, 0.2) is 0 Å². The Bertz CT molecular complexity index is 219. The maximum absolute atomic E-state index is 3.43. The second kappa shape index (κ2) is 5.37. The zero-order chi connectivity index (χ0) is 9.68. The molecule has 74 valence electrons. The number of nitrogens with one attached hydrogen (secondary N) is 1. The fraction of sp³-hybridized carbons (Fsp3) is 0.600.